The van der Waals surface area contributed by atoms with Gasteiger partial charge in [0.2, 0.25) is 5.91 Å². The second-order valence-corrected chi connectivity index (χ2v) is 4.69. The van der Waals surface area contributed by atoms with Crippen molar-refractivity contribution in [1.29, 1.82) is 0 Å². The molecular formula is C14H20N4O. The summed E-state index contributed by atoms with van der Waals surface area (Å²) in [5.74, 6) is 0.971. The van der Waals surface area contributed by atoms with Crippen LogP contribution < -0.4 is 10.2 Å². The molecule has 5 heteroatoms. The third-order valence-corrected chi connectivity index (χ3v) is 3.20. The lowest BCUT2D eigenvalue weighted by atomic mass is 10.1. The zero-order valence-electron chi connectivity index (χ0n) is 11.2. The first-order chi connectivity index (χ1) is 9.29. The molecule has 5 nitrogen and oxygen atoms in total. The largest absolute Gasteiger partial charge is 0.353 e. The van der Waals surface area contributed by atoms with Gasteiger partial charge in [0.1, 0.15) is 5.82 Å². The molecule has 1 saturated heterocycles. The Morgan fingerprint density at radius 3 is 3.21 bits per heavy atom. The molecule has 1 aliphatic heterocycles. The van der Waals surface area contributed by atoms with Crippen molar-refractivity contribution >= 4 is 11.7 Å². The SMILES string of the molecule is CC=CCC(=O)NC1CCCN(c2cnccn2)C1. The number of rotatable bonds is 4. The van der Waals surface area contributed by atoms with Crippen molar-refractivity contribution in [3.8, 4) is 0 Å². The Balaban J connectivity index is 1.89. The number of piperidine rings is 1. The summed E-state index contributed by atoms with van der Waals surface area (Å²) in [6.07, 6.45) is 11.4. The molecule has 1 aliphatic rings. The normalized spacial score (nSPS) is 19.6. The zero-order chi connectivity index (χ0) is 13.5. The number of aromatic nitrogens is 2. The Labute approximate surface area is 113 Å². The van der Waals surface area contributed by atoms with Crippen LogP contribution in [-0.2, 0) is 4.79 Å². The lowest BCUT2D eigenvalue weighted by molar-refractivity contribution is -0.121. The third-order valence-electron chi connectivity index (χ3n) is 3.20. The van der Waals surface area contributed by atoms with E-state index in [1.54, 1.807) is 18.6 Å². The molecule has 1 amide bonds. The van der Waals surface area contributed by atoms with Gasteiger partial charge in [-0.05, 0) is 19.8 Å². The summed E-state index contributed by atoms with van der Waals surface area (Å²) in [6.45, 7) is 3.70. The van der Waals surface area contributed by atoms with Gasteiger partial charge < -0.3 is 10.2 Å². The van der Waals surface area contributed by atoms with Crippen molar-refractivity contribution in [3.05, 3.63) is 30.7 Å². The molecular weight excluding hydrogens is 240 g/mol. The predicted octanol–water partition coefficient (Wildman–Crippen LogP) is 1.53. The summed E-state index contributed by atoms with van der Waals surface area (Å²) in [5.41, 5.74) is 0. The molecule has 0 bridgehead atoms. The summed E-state index contributed by atoms with van der Waals surface area (Å²) >= 11 is 0. The van der Waals surface area contributed by atoms with Crippen LogP contribution >= 0.6 is 0 Å². The van der Waals surface area contributed by atoms with E-state index in [-0.39, 0.29) is 11.9 Å². The minimum atomic E-state index is 0.0871. The average molecular weight is 260 g/mol. The molecule has 0 spiro atoms. The van der Waals surface area contributed by atoms with E-state index >= 15 is 0 Å². The van der Waals surface area contributed by atoms with Crippen LogP contribution in [0.5, 0.6) is 0 Å². The predicted molar refractivity (Wildman–Crippen MR) is 74.8 cm³/mol. The van der Waals surface area contributed by atoms with Crippen molar-refractivity contribution in [1.82, 2.24) is 15.3 Å². The summed E-state index contributed by atoms with van der Waals surface area (Å²) in [4.78, 5) is 22.3. The second-order valence-electron chi connectivity index (χ2n) is 4.69. The quantitative estimate of drug-likeness (QED) is 0.834. The zero-order valence-corrected chi connectivity index (χ0v) is 11.2. The fourth-order valence-corrected chi connectivity index (χ4v) is 2.27. The molecule has 2 rings (SSSR count). The van der Waals surface area contributed by atoms with Gasteiger partial charge in [-0.2, -0.15) is 0 Å². The number of amides is 1. The monoisotopic (exact) mass is 260 g/mol. The minimum absolute atomic E-state index is 0.0871. The Hall–Kier alpha value is -1.91. The van der Waals surface area contributed by atoms with Crippen molar-refractivity contribution in [3.63, 3.8) is 0 Å². The number of anilines is 1. The minimum Gasteiger partial charge on any atom is -0.353 e. The number of hydrogen-bond acceptors (Lipinski definition) is 4. The summed E-state index contributed by atoms with van der Waals surface area (Å²) in [6, 6.07) is 0.202. The second kappa shape index (κ2) is 6.87. The first-order valence-corrected chi connectivity index (χ1v) is 6.71. The van der Waals surface area contributed by atoms with Gasteiger partial charge in [-0.15, -0.1) is 0 Å². The molecule has 2 heterocycles. The number of nitrogens with one attached hydrogen (secondary N) is 1. The average Bonchev–Trinajstić information content (AvgIpc) is 2.46. The maximum atomic E-state index is 11.7. The molecule has 1 aromatic rings. The van der Waals surface area contributed by atoms with Crippen molar-refractivity contribution in [2.45, 2.75) is 32.2 Å². The summed E-state index contributed by atoms with van der Waals surface area (Å²) < 4.78 is 0. The number of nitrogens with zero attached hydrogens (tertiary/aromatic N) is 3. The van der Waals surface area contributed by atoms with Crippen LogP contribution in [-0.4, -0.2) is 35.0 Å². The molecule has 0 aromatic carbocycles. The Kier molecular flexibility index (Phi) is 4.89. The topological polar surface area (TPSA) is 58.1 Å². The molecule has 0 saturated carbocycles. The van der Waals surface area contributed by atoms with Gasteiger partial charge in [-0.25, -0.2) is 4.98 Å². The van der Waals surface area contributed by atoms with Crippen LogP contribution in [0.2, 0.25) is 0 Å². The maximum absolute atomic E-state index is 11.7. The molecule has 1 N–H and O–H groups in total. The number of carbonyl (C=O) groups is 1. The Morgan fingerprint density at radius 2 is 2.47 bits per heavy atom. The van der Waals surface area contributed by atoms with Crippen LogP contribution in [0, 0.1) is 0 Å². The molecule has 19 heavy (non-hydrogen) atoms. The van der Waals surface area contributed by atoms with Gasteiger partial charge in [0.15, 0.2) is 0 Å². The highest BCUT2D eigenvalue weighted by Gasteiger charge is 2.21. The van der Waals surface area contributed by atoms with Crippen LogP contribution in [0.3, 0.4) is 0 Å². The van der Waals surface area contributed by atoms with E-state index in [1.807, 2.05) is 19.1 Å². The van der Waals surface area contributed by atoms with Crippen LogP contribution in [0.15, 0.2) is 30.7 Å². The Bertz CT molecular complexity index is 432. The van der Waals surface area contributed by atoms with Crippen molar-refractivity contribution in [2.24, 2.45) is 0 Å². The van der Waals surface area contributed by atoms with E-state index in [2.05, 4.69) is 20.2 Å². The van der Waals surface area contributed by atoms with Crippen LogP contribution in [0.1, 0.15) is 26.2 Å². The molecule has 1 aromatic heterocycles. The first kappa shape index (κ1) is 13.5. The third kappa shape index (κ3) is 4.05. The standard InChI is InChI=1S/C14H20N4O/c1-2-3-6-14(19)17-12-5-4-9-18(11-12)13-10-15-7-8-16-13/h2-3,7-8,10,12H,4-6,9,11H2,1H3,(H,17,19). The van der Waals surface area contributed by atoms with Crippen molar-refractivity contribution in [2.75, 3.05) is 18.0 Å². The highest BCUT2D eigenvalue weighted by atomic mass is 16.1. The van der Waals surface area contributed by atoms with Gasteiger partial charge in [0.05, 0.1) is 6.20 Å². The first-order valence-electron chi connectivity index (χ1n) is 6.71. The lowest BCUT2D eigenvalue weighted by Gasteiger charge is -2.33. The fourth-order valence-electron chi connectivity index (χ4n) is 2.27. The number of hydrogen-bond donors (Lipinski definition) is 1. The van der Waals surface area contributed by atoms with E-state index in [1.165, 1.54) is 0 Å². The van der Waals surface area contributed by atoms with E-state index in [0.717, 1.165) is 31.7 Å². The highest BCUT2D eigenvalue weighted by molar-refractivity contribution is 5.77. The smallest absolute Gasteiger partial charge is 0.224 e. The van der Waals surface area contributed by atoms with Gasteiger partial charge in [-0.3, -0.25) is 9.78 Å². The molecule has 0 radical (unpaired) electrons. The Morgan fingerprint density at radius 1 is 1.58 bits per heavy atom. The molecule has 1 unspecified atom stereocenters. The number of carbonyl (C=O) groups excluding carboxylic acids is 1. The van der Waals surface area contributed by atoms with Gasteiger partial charge in [-0.1, -0.05) is 12.2 Å². The molecule has 102 valence electrons. The fraction of sp³-hybridized carbons (Fsp3) is 0.500. The summed E-state index contributed by atoms with van der Waals surface area (Å²) in [7, 11) is 0. The molecule has 1 atom stereocenters. The van der Waals surface area contributed by atoms with E-state index in [4.69, 9.17) is 0 Å². The maximum Gasteiger partial charge on any atom is 0.224 e. The van der Waals surface area contributed by atoms with Crippen LogP contribution in [0.4, 0.5) is 5.82 Å². The van der Waals surface area contributed by atoms with Gasteiger partial charge in [0, 0.05) is 37.9 Å². The highest BCUT2D eigenvalue weighted by Crippen LogP contribution is 2.16. The molecule has 1 fully saturated rings. The summed E-state index contributed by atoms with van der Waals surface area (Å²) in [5, 5.41) is 3.07. The molecule has 0 aliphatic carbocycles. The van der Waals surface area contributed by atoms with E-state index in [9.17, 15) is 4.79 Å². The van der Waals surface area contributed by atoms with E-state index in [0.29, 0.717) is 6.42 Å². The van der Waals surface area contributed by atoms with E-state index < -0.39 is 0 Å². The van der Waals surface area contributed by atoms with Gasteiger partial charge in [0.25, 0.3) is 0 Å². The van der Waals surface area contributed by atoms with Crippen molar-refractivity contribution < 1.29 is 4.79 Å². The van der Waals surface area contributed by atoms with Gasteiger partial charge >= 0.3 is 0 Å². The van der Waals surface area contributed by atoms with Crippen LogP contribution in [0.25, 0.3) is 0 Å². The number of allylic oxidation sites excluding steroid dienone is 1. The lowest BCUT2D eigenvalue weighted by Crippen LogP contribution is -2.48.